The number of aliphatic carboxylic acids is 1. The summed E-state index contributed by atoms with van der Waals surface area (Å²) < 4.78 is 1.19. The van der Waals surface area contributed by atoms with Gasteiger partial charge in [-0.25, -0.2) is 9.69 Å². The summed E-state index contributed by atoms with van der Waals surface area (Å²) in [5, 5.41) is 9.37. The van der Waals surface area contributed by atoms with Crippen molar-refractivity contribution in [2.45, 2.75) is 6.42 Å². The molecule has 1 aliphatic heterocycles. The minimum Gasteiger partial charge on any atom is -0.480 e. The second-order valence-corrected chi connectivity index (χ2v) is 5.41. The van der Waals surface area contributed by atoms with Crippen LogP contribution in [0.25, 0.3) is 0 Å². The zero-order valence-corrected chi connectivity index (χ0v) is 12.1. The molecule has 0 saturated carbocycles. The van der Waals surface area contributed by atoms with Crippen LogP contribution >= 0.6 is 11.6 Å². The lowest BCUT2D eigenvalue weighted by molar-refractivity contribution is -0.137. The van der Waals surface area contributed by atoms with Crippen molar-refractivity contribution in [1.82, 2.24) is 9.47 Å². The van der Waals surface area contributed by atoms with Gasteiger partial charge in [-0.05, 0) is 35.7 Å². The Morgan fingerprint density at radius 2 is 1.82 bits per heavy atom. The van der Waals surface area contributed by atoms with Crippen LogP contribution in [-0.2, 0) is 11.2 Å². The predicted molar refractivity (Wildman–Crippen MR) is 78.2 cm³/mol. The lowest BCUT2D eigenvalue weighted by atomic mass is 10.1. The Hall–Kier alpha value is -2.60. The van der Waals surface area contributed by atoms with Crippen LogP contribution in [0.1, 0.15) is 21.6 Å². The van der Waals surface area contributed by atoms with E-state index >= 15 is 0 Å². The molecule has 0 radical (unpaired) electrons. The Balaban J connectivity index is 1.83. The van der Waals surface area contributed by atoms with E-state index in [4.69, 9.17) is 16.7 Å². The SMILES string of the molecule is O=C(O)CN1C(=O)c2cc(Cc3ccc(Cl)cc3)cn2C1=O. The molecule has 2 amide bonds. The third kappa shape index (κ3) is 2.48. The van der Waals surface area contributed by atoms with E-state index in [1.807, 2.05) is 12.1 Å². The molecule has 1 aliphatic rings. The average molecular weight is 319 g/mol. The Bertz CT molecular complexity index is 746. The summed E-state index contributed by atoms with van der Waals surface area (Å²) in [6.07, 6.45) is 2.11. The number of imide groups is 1. The number of hydrogen-bond acceptors (Lipinski definition) is 3. The molecule has 0 aliphatic carbocycles. The van der Waals surface area contributed by atoms with Gasteiger partial charge in [-0.15, -0.1) is 0 Å². The average Bonchev–Trinajstić information content (AvgIpc) is 2.97. The first-order chi connectivity index (χ1) is 10.5. The van der Waals surface area contributed by atoms with Gasteiger partial charge in [0.25, 0.3) is 5.91 Å². The molecule has 2 heterocycles. The third-order valence-corrected chi connectivity index (χ3v) is 3.64. The molecule has 0 unspecified atom stereocenters. The molecule has 0 spiro atoms. The highest BCUT2D eigenvalue weighted by Crippen LogP contribution is 2.22. The lowest BCUT2D eigenvalue weighted by Crippen LogP contribution is -2.35. The van der Waals surface area contributed by atoms with Crippen LogP contribution in [-0.4, -0.2) is 39.0 Å². The fourth-order valence-electron chi connectivity index (χ4n) is 2.41. The number of halogens is 1. The maximum atomic E-state index is 12.1. The second-order valence-electron chi connectivity index (χ2n) is 4.97. The van der Waals surface area contributed by atoms with Crippen molar-refractivity contribution in [2.24, 2.45) is 0 Å². The molecule has 1 aromatic heterocycles. The van der Waals surface area contributed by atoms with Crippen molar-refractivity contribution in [3.05, 3.63) is 58.4 Å². The molecule has 0 bridgehead atoms. The summed E-state index contributed by atoms with van der Waals surface area (Å²) in [5.74, 6) is -1.82. The Labute approximate surface area is 130 Å². The van der Waals surface area contributed by atoms with Crippen molar-refractivity contribution in [3.63, 3.8) is 0 Å². The summed E-state index contributed by atoms with van der Waals surface area (Å²) >= 11 is 5.82. The van der Waals surface area contributed by atoms with Crippen LogP contribution in [0.4, 0.5) is 4.79 Å². The van der Waals surface area contributed by atoms with Crippen molar-refractivity contribution < 1.29 is 19.5 Å². The number of benzene rings is 1. The van der Waals surface area contributed by atoms with Crippen LogP contribution in [0.2, 0.25) is 5.02 Å². The fourth-order valence-corrected chi connectivity index (χ4v) is 2.53. The number of carbonyl (C=O) groups excluding carboxylic acids is 2. The molecule has 1 N–H and O–H groups in total. The number of aromatic nitrogens is 1. The van der Waals surface area contributed by atoms with Gasteiger partial charge < -0.3 is 5.11 Å². The second kappa shape index (κ2) is 5.31. The van der Waals surface area contributed by atoms with E-state index in [-0.39, 0.29) is 5.69 Å². The highest BCUT2D eigenvalue weighted by Gasteiger charge is 2.37. The summed E-state index contributed by atoms with van der Waals surface area (Å²) in [4.78, 5) is 35.5. The third-order valence-electron chi connectivity index (χ3n) is 3.39. The van der Waals surface area contributed by atoms with Gasteiger partial charge >= 0.3 is 12.0 Å². The molecule has 7 heteroatoms. The molecule has 1 aromatic carbocycles. The van der Waals surface area contributed by atoms with Crippen LogP contribution < -0.4 is 0 Å². The van der Waals surface area contributed by atoms with Gasteiger partial charge in [-0.2, -0.15) is 0 Å². The van der Waals surface area contributed by atoms with E-state index in [9.17, 15) is 14.4 Å². The Kier molecular flexibility index (Phi) is 3.46. The van der Waals surface area contributed by atoms with Gasteiger partial charge in [0.2, 0.25) is 0 Å². The molecule has 2 aromatic rings. The fraction of sp³-hybridized carbons (Fsp3) is 0.133. The number of fused-ring (bicyclic) bond motifs is 1. The van der Waals surface area contributed by atoms with Gasteiger partial charge in [0.05, 0.1) is 0 Å². The van der Waals surface area contributed by atoms with E-state index in [2.05, 4.69) is 0 Å². The molecular weight excluding hydrogens is 308 g/mol. The van der Waals surface area contributed by atoms with Crippen molar-refractivity contribution in [3.8, 4) is 0 Å². The van der Waals surface area contributed by atoms with Gasteiger partial charge in [-0.1, -0.05) is 23.7 Å². The zero-order chi connectivity index (χ0) is 15.9. The number of carbonyl (C=O) groups is 3. The molecule has 0 saturated heterocycles. The summed E-state index contributed by atoms with van der Waals surface area (Å²) in [6.45, 7) is -0.633. The topological polar surface area (TPSA) is 79.6 Å². The quantitative estimate of drug-likeness (QED) is 0.937. The van der Waals surface area contributed by atoms with E-state index in [1.54, 1.807) is 24.4 Å². The highest BCUT2D eigenvalue weighted by molar-refractivity contribution is 6.30. The van der Waals surface area contributed by atoms with Crippen LogP contribution in [0.5, 0.6) is 0 Å². The lowest BCUT2D eigenvalue weighted by Gasteiger charge is -2.09. The van der Waals surface area contributed by atoms with Gasteiger partial charge in [-0.3, -0.25) is 14.2 Å². The van der Waals surface area contributed by atoms with Crippen LogP contribution in [0, 0.1) is 0 Å². The van der Waals surface area contributed by atoms with Gasteiger partial charge in [0, 0.05) is 11.2 Å². The molecule has 0 atom stereocenters. The van der Waals surface area contributed by atoms with E-state index in [0.29, 0.717) is 16.3 Å². The standard InChI is InChI=1S/C15H11ClN2O4/c16-11-3-1-9(2-4-11)5-10-6-12-14(21)18(8-13(19)20)15(22)17(12)7-10/h1-4,6-7H,5,8H2,(H,19,20). The van der Waals surface area contributed by atoms with E-state index in [0.717, 1.165) is 11.1 Å². The van der Waals surface area contributed by atoms with Crippen LogP contribution in [0.3, 0.4) is 0 Å². The monoisotopic (exact) mass is 318 g/mol. The minimum atomic E-state index is -1.23. The first-order valence-corrected chi connectivity index (χ1v) is 6.87. The summed E-state index contributed by atoms with van der Waals surface area (Å²) in [5.41, 5.74) is 1.99. The number of amides is 2. The number of carboxylic acids is 1. The smallest absolute Gasteiger partial charge is 0.336 e. The largest absolute Gasteiger partial charge is 0.480 e. The number of nitrogens with zero attached hydrogens (tertiary/aromatic N) is 2. The molecule has 22 heavy (non-hydrogen) atoms. The van der Waals surface area contributed by atoms with Gasteiger partial charge in [0.1, 0.15) is 12.2 Å². The van der Waals surface area contributed by atoms with E-state index in [1.165, 1.54) is 4.57 Å². The van der Waals surface area contributed by atoms with Crippen LogP contribution in [0.15, 0.2) is 36.5 Å². The summed E-state index contributed by atoms with van der Waals surface area (Å²) in [6, 6.07) is 8.25. The molecule has 112 valence electrons. The Morgan fingerprint density at radius 1 is 1.14 bits per heavy atom. The highest BCUT2D eigenvalue weighted by atomic mass is 35.5. The number of carboxylic acid groups (broad SMARTS) is 1. The molecule has 6 nitrogen and oxygen atoms in total. The van der Waals surface area contributed by atoms with Gasteiger partial charge in [0.15, 0.2) is 0 Å². The first-order valence-electron chi connectivity index (χ1n) is 6.49. The first kappa shape index (κ1) is 14.3. The van der Waals surface area contributed by atoms with E-state index < -0.39 is 24.5 Å². The number of hydrogen-bond donors (Lipinski definition) is 1. The zero-order valence-electron chi connectivity index (χ0n) is 11.3. The maximum Gasteiger partial charge on any atom is 0.336 e. The van der Waals surface area contributed by atoms with Crippen molar-refractivity contribution in [1.29, 1.82) is 0 Å². The molecule has 0 fully saturated rings. The normalized spacial score (nSPS) is 13.6. The molecule has 3 rings (SSSR count). The summed E-state index contributed by atoms with van der Waals surface area (Å²) in [7, 11) is 0. The molecular formula is C15H11ClN2O4. The van der Waals surface area contributed by atoms with Crippen molar-refractivity contribution in [2.75, 3.05) is 6.54 Å². The number of rotatable bonds is 4. The maximum absolute atomic E-state index is 12.1. The predicted octanol–water partition coefficient (Wildman–Crippen LogP) is 2.24. The Morgan fingerprint density at radius 3 is 2.41 bits per heavy atom. The van der Waals surface area contributed by atoms with Crippen molar-refractivity contribution >= 4 is 29.5 Å². The minimum absolute atomic E-state index is 0.190.